The van der Waals surface area contributed by atoms with Crippen LogP contribution in [0.5, 0.6) is 0 Å². The van der Waals surface area contributed by atoms with Crippen LogP contribution in [-0.4, -0.2) is 33.2 Å². The third-order valence-electron chi connectivity index (χ3n) is 3.26. The molecule has 3 rings (SSSR count). The molecule has 0 fully saturated rings. The van der Waals surface area contributed by atoms with Crippen molar-refractivity contribution in [2.45, 2.75) is 12.7 Å². The summed E-state index contributed by atoms with van der Waals surface area (Å²) in [6.45, 7) is -1.42. The molecule has 1 amide bonds. The number of anilines is 1. The lowest BCUT2D eigenvalue weighted by Crippen LogP contribution is -2.25. The van der Waals surface area contributed by atoms with Crippen LogP contribution in [0.2, 0.25) is 0 Å². The predicted molar refractivity (Wildman–Crippen MR) is 80.8 cm³/mol. The van der Waals surface area contributed by atoms with Crippen molar-refractivity contribution in [3.63, 3.8) is 0 Å². The van der Waals surface area contributed by atoms with Crippen LogP contribution in [0.15, 0.2) is 41.1 Å². The van der Waals surface area contributed by atoms with Crippen LogP contribution in [0.25, 0.3) is 11.0 Å². The molecule has 136 valence electrons. The summed E-state index contributed by atoms with van der Waals surface area (Å²) < 4.78 is 49.4. The van der Waals surface area contributed by atoms with Crippen molar-refractivity contribution in [1.82, 2.24) is 14.7 Å². The summed E-state index contributed by atoms with van der Waals surface area (Å²) in [5, 5.41) is 5.71. The molecule has 0 radical (unpaired) electrons. The van der Waals surface area contributed by atoms with Crippen LogP contribution in [0.1, 0.15) is 5.82 Å². The van der Waals surface area contributed by atoms with Gasteiger partial charge < -0.3 is 19.1 Å². The van der Waals surface area contributed by atoms with Crippen molar-refractivity contribution in [2.75, 3.05) is 11.9 Å². The second kappa shape index (κ2) is 6.86. The first-order valence-electron chi connectivity index (χ1n) is 7.23. The topological polar surface area (TPSA) is 99.2 Å². The minimum Gasteiger partial charge on any atom is -0.454 e. The van der Waals surface area contributed by atoms with Gasteiger partial charge in [-0.25, -0.2) is 4.98 Å². The minimum atomic E-state index is -4.75. The summed E-state index contributed by atoms with van der Waals surface area (Å²) in [5.41, 5.74) is 0.222. The number of nitrogens with one attached hydrogen (secondary N) is 1. The lowest BCUT2D eigenvalue weighted by Gasteiger charge is -2.11. The fourth-order valence-electron chi connectivity index (χ4n) is 2.23. The number of carbonyl (C=O) groups excluding carboxylic acids is 2. The lowest BCUT2D eigenvalue weighted by atomic mass is 10.3. The van der Waals surface area contributed by atoms with Gasteiger partial charge in [-0.05, 0) is 12.1 Å². The van der Waals surface area contributed by atoms with Crippen molar-refractivity contribution < 1.29 is 32.0 Å². The molecule has 1 aromatic carbocycles. The van der Waals surface area contributed by atoms with Crippen LogP contribution in [-0.2, 0) is 27.0 Å². The first-order valence-corrected chi connectivity index (χ1v) is 7.23. The number of para-hydroxylation sites is 2. The number of halogens is 3. The molecule has 0 atom stereocenters. The van der Waals surface area contributed by atoms with Crippen molar-refractivity contribution >= 4 is 28.7 Å². The Morgan fingerprint density at radius 2 is 2.00 bits per heavy atom. The molecule has 11 heteroatoms. The van der Waals surface area contributed by atoms with Gasteiger partial charge in [0.15, 0.2) is 12.4 Å². The number of amides is 1. The highest BCUT2D eigenvalue weighted by atomic mass is 19.4. The van der Waals surface area contributed by atoms with Crippen molar-refractivity contribution in [3.8, 4) is 0 Å². The molecule has 0 saturated carbocycles. The molecule has 0 unspecified atom stereocenters. The Hall–Kier alpha value is -3.37. The van der Waals surface area contributed by atoms with E-state index in [0.29, 0.717) is 4.57 Å². The maximum Gasteiger partial charge on any atom is 0.449 e. The molecule has 26 heavy (non-hydrogen) atoms. The van der Waals surface area contributed by atoms with E-state index in [1.54, 1.807) is 0 Å². The number of aromatic nitrogens is 3. The van der Waals surface area contributed by atoms with Gasteiger partial charge in [-0.15, -0.1) is 0 Å². The molecule has 2 heterocycles. The van der Waals surface area contributed by atoms with Crippen molar-refractivity contribution in [3.05, 3.63) is 42.4 Å². The number of carbonyl (C=O) groups is 2. The Kier molecular flexibility index (Phi) is 4.61. The fourth-order valence-corrected chi connectivity index (χ4v) is 2.23. The van der Waals surface area contributed by atoms with Crippen LogP contribution in [0, 0.1) is 0 Å². The maximum absolute atomic E-state index is 13.1. The number of fused-ring (bicyclic) bond motifs is 1. The number of alkyl halides is 3. The first kappa shape index (κ1) is 17.5. The van der Waals surface area contributed by atoms with Gasteiger partial charge in [0, 0.05) is 6.07 Å². The average Bonchev–Trinajstić information content (AvgIpc) is 3.21. The van der Waals surface area contributed by atoms with Crippen molar-refractivity contribution in [1.29, 1.82) is 0 Å². The molecular formula is C15H11F3N4O4. The molecule has 1 N–H and O–H groups in total. The van der Waals surface area contributed by atoms with Crippen molar-refractivity contribution in [2.24, 2.45) is 0 Å². The molecule has 0 aliphatic rings. The molecule has 0 saturated heterocycles. The Labute approximate surface area is 143 Å². The number of hydrogen-bond donors (Lipinski definition) is 1. The SMILES string of the molecule is O=C(COC(=O)Cn1c(C(F)(F)F)nc2ccccc21)Nc1ccon1. The van der Waals surface area contributed by atoms with E-state index in [-0.39, 0.29) is 16.9 Å². The number of ether oxygens (including phenoxy) is 1. The van der Waals surface area contributed by atoms with E-state index in [0.717, 1.165) is 0 Å². The molecule has 3 aromatic rings. The number of imidazole rings is 1. The standard InChI is InChI=1S/C15H11F3N4O4/c16-15(17,18)14-19-9-3-1-2-4-10(9)22(14)7-13(24)25-8-12(23)20-11-5-6-26-21-11/h1-6H,7-8H2,(H,20,21,23). The Bertz CT molecular complexity index is 934. The van der Waals surface area contributed by atoms with E-state index in [9.17, 15) is 22.8 Å². The largest absolute Gasteiger partial charge is 0.454 e. The summed E-state index contributed by atoms with van der Waals surface area (Å²) in [6.07, 6.45) is -3.52. The normalized spacial score (nSPS) is 11.5. The highest BCUT2D eigenvalue weighted by molar-refractivity contribution is 5.91. The predicted octanol–water partition coefficient (Wildman–Crippen LogP) is 2.22. The summed E-state index contributed by atoms with van der Waals surface area (Å²) in [6, 6.07) is 7.23. The zero-order valence-electron chi connectivity index (χ0n) is 13.0. The zero-order valence-corrected chi connectivity index (χ0v) is 13.0. The number of nitrogens with zero attached hydrogens (tertiary/aromatic N) is 3. The van der Waals surface area contributed by atoms with Gasteiger partial charge in [0.2, 0.25) is 5.82 Å². The summed E-state index contributed by atoms with van der Waals surface area (Å²) in [5.74, 6) is -2.83. The summed E-state index contributed by atoms with van der Waals surface area (Å²) in [4.78, 5) is 27.0. The zero-order chi connectivity index (χ0) is 18.7. The van der Waals surface area contributed by atoms with E-state index in [4.69, 9.17) is 4.74 Å². The van der Waals surface area contributed by atoms with Gasteiger partial charge in [0.1, 0.15) is 12.8 Å². The minimum absolute atomic E-state index is 0.0939. The number of esters is 1. The Morgan fingerprint density at radius 3 is 2.69 bits per heavy atom. The second-order valence-corrected chi connectivity index (χ2v) is 5.10. The van der Waals surface area contributed by atoms with E-state index in [1.165, 1.54) is 36.6 Å². The number of hydrogen-bond acceptors (Lipinski definition) is 6. The lowest BCUT2D eigenvalue weighted by molar-refractivity contribution is -0.152. The van der Waals surface area contributed by atoms with Crippen LogP contribution in [0.3, 0.4) is 0 Å². The Morgan fingerprint density at radius 1 is 1.23 bits per heavy atom. The molecular weight excluding hydrogens is 357 g/mol. The first-order chi connectivity index (χ1) is 12.3. The smallest absolute Gasteiger partial charge is 0.449 e. The van der Waals surface area contributed by atoms with Crippen LogP contribution in [0.4, 0.5) is 19.0 Å². The number of benzene rings is 1. The molecule has 0 bridgehead atoms. The fraction of sp³-hybridized carbons (Fsp3) is 0.200. The monoisotopic (exact) mass is 368 g/mol. The summed E-state index contributed by atoms with van der Waals surface area (Å²) in [7, 11) is 0. The summed E-state index contributed by atoms with van der Waals surface area (Å²) >= 11 is 0. The van der Waals surface area contributed by atoms with Gasteiger partial charge in [-0.3, -0.25) is 9.59 Å². The van der Waals surface area contributed by atoms with E-state index in [2.05, 4.69) is 20.0 Å². The number of rotatable bonds is 5. The van der Waals surface area contributed by atoms with E-state index in [1.807, 2.05) is 0 Å². The van der Waals surface area contributed by atoms with Crippen LogP contribution >= 0.6 is 0 Å². The van der Waals surface area contributed by atoms with E-state index < -0.39 is 37.0 Å². The highest BCUT2D eigenvalue weighted by Gasteiger charge is 2.38. The molecule has 2 aromatic heterocycles. The van der Waals surface area contributed by atoms with Gasteiger partial charge in [0.25, 0.3) is 5.91 Å². The highest BCUT2D eigenvalue weighted by Crippen LogP contribution is 2.31. The molecule has 0 spiro atoms. The molecule has 0 aliphatic heterocycles. The Balaban J connectivity index is 1.70. The van der Waals surface area contributed by atoms with Gasteiger partial charge in [-0.2, -0.15) is 13.2 Å². The quantitative estimate of drug-likeness (QED) is 0.694. The third-order valence-corrected chi connectivity index (χ3v) is 3.26. The van der Waals surface area contributed by atoms with Gasteiger partial charge in [0.05, 0.1) is 11.0 Å². The molecule has 0 aliphatic carbocycles. The van der Waals surface area contributed by atoms with Gasteiger partial charge in [-0.1, -0.05) is 17.3 Å². The van der Waals surface area contributed by atoms with E-state index >= 15 is 0 Å². The second-order valence-electron chi connectivity index (χ2n) is 5.10. The third kappa shape index (κ3) is 3.82. The average molecular weight is 368 g/mol. The van der Waals surface area contributed by atoms with Gasteiger partial charge >= 0.3 is 12.1 Å². The molecule has 8 nitrogen and oxygen atoms in total. The maximum atomic E-state index is 13.1. The van der Waals surface area contributed by atoms with Crippen LogP contribution < -0.4 is 5.32 Å².